The summed E-state index contributed by atoms with van der Waals surface area (Å²) in [5, 5.41) is 16.2. The van der Waals surface area contributed by atoms with Crippen molar-refractivity contribution in [2.75, 3.05) is 0 Å². The SMILES string of the molecule is Cc1c(CNC(C)c2nnc3ccccn23)cnn1C. The van der Waals surface area contributed by atoms with Crippen molar-refractivity contribution in [3.05, 3.63) is 47.7 Å². The number of rotatable bonds is 4. The first-order valence-electron chi connectivity index (χ1n) is 6.67. The van der Waals surface area contributed by atoms with Crippen LogP contribution in [0.1, 0.15) is 30.0 Å². The quantitative estimate of drug-likeness (QED) is 0.782. The molecule has 3 heterocycles. The van der Waals surface area contributed by atoms with Gasteiger partial charge in [0.2, 0.25) is 0 Å². The molecule has 0 saturated carbocycles. The predicted octanol–water partition coefficient (Wildman–Crippen LogP) is 1.62. The highest BCUT2D eigenvalue weighted by molar-refractivity contribution is 5.37. The average Bonchev–Trinajstić information content (AvgIpc) is 3.02. The van der Waals surface area contributed by atoms with Crippen molar-refractivity contribution in [1.29, 1.82) is 0 Å². The summed E-state index contributed by atoms with van der Waals surface area (Å²) in [5.74, 6) is 0.919. The van der Waals surface area contributed by atoms with E-state index in [-0.39, 0.29) is 6.04 Å². The smallest absolute Gasteiger partial charge is 0.160 e. The van der Waals surface area contributed by atoms with Gasteiger partial charge in [-0.2, -0.15) is 5.10 Å². The molecular formula is C14H18N6. The minimum Gasteiger partial charge on any atom is -0.303 e. The number of nitrogens with zero attached hydrogens (tertiary/aromatic N) is 5. The monoisotopic (exact) mass is 270 g/mol. The van der Waals surface area contributed by atoms with Gasteiger partial charge in [-0.15, -0.1) is 10.2 Å². The third kappa shape index (κ3) is 2.18. The Kier molecular flexibility index (Phi) is 3.23. The highest BCUT2D eigenvalue weighted by Gasteiger charge is 2.13. The first kappa shape index (κ1) is 12.8. The lowest BCUT2D eigenvalue weighted by molar-refractivity contribution is 0.540. The Labute approximate surface area is 117 Å². The van der Waals surface area contributed by atoms with E-state index in [9.17, 15) is 0 Å². The molecule has 3 aromatic rings. The van der Waals surface area contributed by atoms with Crippen LogP contribution in [0.3, 0.4) is 0 Å². The molecule has 3 aromatic heterocycles. The van der Waals surface area contributed by atoms with Gasteiger partial charge in [-0.25, -0.2) is 0 Å². The van der Waals surface area contributed by atoms with Gasteiger partial charge in [0.25, 0.3) is 0 Å². The molecule has 0 aliphatic rings. The molecule has 0 amide bonds. The van der Waals surface area contributed by atoms with Crippen LogP contribution < -0.4 is 5.32 Å². The molecule has 20 heavy (non-hydrogen) atoms. The van der Waals surface area contributed by atoms with Crippen LogP contribution in [-0.4, -0.2) is 24.4 Å². The van der Waals surface area contributed by atoms with Crippen molar-refractivity contribution in [3.8, 4) is 0 Å². The van der Waals surface area contributed by atoms with Crippen LogP contribution in [0.2, 0.25) is 0 Å². The molecule has 1 N–H and O–H groups in total. The number of aryl methyl sites for hydroxylation is 1. The number of fused-ring (bicyclic) bond motifs is 1. The van der Waals surface area contributed by atoms with Gasteiger partial charge in [-0.05, 0) is 26.0 Å². The van der Waals surface area contributed by atoms with Gasteiger partial charge in [0.05, 0.1) is 12.2 Å². The van der Waals surface area contributed by atoms with Gasteiger partial charge in [0, 0.05) is 31.0 Å². The van der Waals surface area contributed by atoms with E-state index in [2.05, 4.69) is 34.5 Å². The van der Waals surface area contributed by atoms with E-state index in [1.165, 1.54) is 11.3 Å². The van der Waals surface area contributed by atoms with Crippen molar-refractivity contribution in [2.45, 2.75) is 26.4 Å². The van der Waals surface area contributed by atoms with E-state index in [0.717, 1.165) is 18.0 Å². The largest absolute Gasteiger partial charge is 0.303 e. The minimum atomic E-state index is 0.118. The number of aromatic nitrogens is 5. The van der Waals surface area contributed by atoms with Gasteiger partial charge >= 0.3 is 0 Å². The summed E-state index contributed by atoms with van der Waals surface area (Å²) in [6.07, 6.45) is 3.88. The molecule has 1 unspecified atom stereocenters. The van der Waals surface area contributed by atoms with Crippen LogP contribution in [0.25, 0.3) is 5.65 Å². The molecule has 0 aliphatic carbocycles. The Balaban J connectivity index is 1.76. The maximum absolute atomic E-state index is 4.26. The first-order valence-corrected chi connectivity index (χ1v) is 6.67. The van der Waals surface area contributed by atoms with E-state index >= 15 is 0 Å². The molecule has 0 bridgehead atoms. The number of pyridine rings is 1. The second kappa shape index (κ2) is 5.05. The number of hydrogen-bond acceptors (Lipinski definition) is 4. The lowest BCUT2D eigenvalue weighted by Gasteiger charge is -2.12. The topological polar surface area (TPSA) is 60.0 Å². The summed E-state index contributed by atoms with van der Waals surface area (Å²) in [6, 6.07) is 6.02. The molecular weight excluding hydrogens is 252 g/mol. The zero-order valence-corrected chi connectivity index (χ0v) is 11.9. The van der Waals surface area contributed by atoms with Crippen LogP contribution >= 0.6 is 0 Å². The predicted molar refractivity (Wildman–Crippen MR) is 76.2 cm³/mol. The minimum absolute atomic E-state index is 0.118. The fourth-order valence-electron chi connectivity index (χ4n) is 2.23. The zero-order chi connectivity index (χ0) is 14.1. The summed E-state index contributed by atoms with van der Waals surface area (Å²) in [7, 11) is 1.95. The molecule has 6 heteroatoms. The third-order valence-corrected chi connectivity index (χ3v) is 3.66. The number of nitrogens with one attached hydrogen (secondary N) is 1. The van der Waals surface area contributed by atoms with E-state index in [0.29, 0.717) is 0 Å². The Morgan fingerprint density at radius 1 is 1.30 bits per heavy atom. The first-order chi connectivity index (χ1) is 9.66. The Hall–Kier alpha value is -2.21. The molecule has 0 spiro atoms. The van der Waals surface area contributed by atoms with Crippen LogP contribution in [0, 0.1) is 6.92 Å². The molecule has 0 saturated heterocycles. The lowest BCUT2D eigenvalue weighted by Crippen LogP contribution is -2.20. The Morgan fingerprint density at radius 3 is 2.90 bits per heavy atom. The molecule has 0 fully saturated rings. The normalized spacial score (nSPS) is 12.9. The summed E-state index contributed by atoms with van der Waals surface area (Å²) >= 11 is 0. The maximum atomic E-state index is 4.26. The number of hydrogen-bond donors (Lipinski definition) is 1. The van der Waals surface area contributed by atoms with E-state index in [1.807, 2.05) is 46.7 Å². The van der Waals surface area contributed by atoms with Crippen molar-refractivity contribution in [2.24, 2.45) is 7.05 Å². The highest BCUT2D eigenvalue weighted by atomic mass is 15.3. The maximum Gasteiger partial charge on any atom is 0.160 e. The summed E-state index contributed by atoms with van der Waals surface area (Å²) in [6.45, 7) is 4.93. The molecule has 0 aliphatic heterocycles. The standard InChI is InChI=1S/C14H18N6/c1-10(15-8-12-9-16-19(3)11(12)2)14-18-17-13-6-4-5-7-20(13)14/h4-7,9-10,15H,8H2,1-3H3. The lowest BCUT2D eigenvalue weighted by atomic mass is 10.2. The Morgan fingerprint density at radius 2 is 2.15 bits per heavy atom. The van der Waals surface area contributed by atoms with Crippen molar-refractivity contribution in [1.82, 2.24) is 29.7 Å². The molecule has 1 atom stereocenters. The van der Waals surface area contributed by atoms with Gasteiger partial charge in [-0.3, -0.25) is 9.08 Å². The molecule has 6 nitrogen and oxygen atoms in total. The highest BCUT2D eigenvalue weighted by Crippen LogP contribution is 2.13. The van der Waals surface area contributed by atoms with Gasteiger partial charge in [-0.1, -0.05) is 6.07 Å². The van der Waals surface area contributed by atoms with Crippen LogP contribution in [0.5, 0.6) is 0 Å². The van der Waals surface area contributed by atoms with Crippen molar-refractivity contribution in [3.63, 3.8) is 0 Å². The van der Waals surface area contributed by atoms with Crippen molar-refractivity contribution < 1.29 is 0 Å². The van der Waals surface area contributed by atoms with Crippen molar-refractivity contribution >= 4 is 5.65 Å². The zero-order valence-electron chi connectivity index (χ0n) is 11.9. The molecule has 104 valence electrons. The third-order valence-electron chi connectivity index (χ3n) is 3.66. The Bertz CT molecular complexity index is 726. The van der Waals surface area contributed by atoms with Gasteiger partial charge in [0.15, 0.2) is 11.5 Å². The summed E-state index contributed by atoms with van der Waals surface area (Å²) in [5.41, 5.74) is 3.25. The van der Waals surface area contributed by atoms with Crippen LogP contribution in [0.15, 0.2) is 30.6 Å². The summed E-state index contributed by atoms with van der Waals surface area (Å²) < 4.78 is 3.89. The van der Waals surface area contributed by atoms with Gasteiger partial charge < -0.3 is 5.32 Å². The van der Waals surface area contributed by atoms with Crippen LogP contribution in [-0.2, 0) is 13.6 Å². The fraction of sp³-hybridized carbons (Fsp3) is 0.357. The second-order valence-electron chi connectivity index (χ2n) is 4.97. The average molecular weight is 270 g/mol. The van der Waals surface area contributed by atoms with Gasteiger partial charge in [0.1, 0.15) is 0 Å². The van der Waals surface area contributed by atoms with E-state index in [1.54, 1.807) is 0 Å². The summed E-state index contributed by atoms with van der Waals surface area (Å²) in [4.78, 5) is 0. The molecule has 3 rings (SSSR count). The van der Waals surface area contributed by atoms with E-state index < -0.39 is 0 Å². The van der Waals surface area contributed by atoms with Crippen LogP contribution in [0.4, 0.5) is 0 Å². The fourth-order valence-corrected chi connectivity index (χ4v) is 2.23. The molecule has 0 radical (unpaired) electrons. The molecule has 0 aromatic carbocycles. The second-order valence-corrected chi connectivity index (χ2v) is 4.97. The van der Waals surface area contributed by atoms with E-state index in [4.69, 9.17) is 0 Å².